The smallest absolute Gasteiger partial charge is 0.247 e. The molecule has 1 aromatic rings. The fourth-order valence-corrected chi connectivity index (χ4v) is 2.45. The zero-order valence-corrected chi connectivity index (χ0v) is 12.0. The number of benzene rings is 1. The Morgan fingerprint density at radius 3 is 3.16 bits per heavy atom. The molecule has 1 aromatic carbocycles. The zero-order valence-electron chi connectivity index (χ0n) is 10.4. The van der Waals surface area contributed by atoms with Crippen LogP contribution in [0.1, 0.15) is 24.4 Å². The van der Waals surface area contributed by atoms with Crippen molar-refractivity contribution in [1.29, 1.82) is 0 Å². The Morgan fingerprint density at radius 2 is 2.42 bits per heavy atom. The quantitative estimate of drug-likeness (QED) is 0.772. The molecule has 0 aromatic heterocycles. The zero-order chi connectivity index (χ0) is 13.8. The molecular weight excluding hydrogens is 312 g/mol. The van der Waals surface area contributed by atoms with E-state index in [1.54, 1.807) is 0 Å². The van der Waals surface area contributed by atoms with Gasteiger partial charge in [0.25, 0.3) is 0 Å². The molecule has 1 aliphatic rings. The Hall–Kier alpha value is -1.11. The van der Waals surface area contributed by atoms with Crippen molar-refractivity contribution in [1.82, 2.24) is 5.32 Å². The van der Waals surface area contributed by atoms with E-state index in [9.17, 15) is 9.90 Å². The summed E-state index contributed by atoms with van der Waals surface area (Å²) in [6.07, 6.45) is 0.639. The number of ether oxygens (including phenoxy) is 1. The van der Waals surface area contributed by atoms with E-state index in [-0.39, 0.29) is 12.6 Å². The molecule has 0 spiro atoms. The van der Waals surface area contributed by atoms with Gasteiger partial charge in [0.15, 0.2) is 0 Å². The van der Waals surface area contributed by atoms with Crippen LogP contribution in [0.5, 0.6) is 5.75 Å². The first-order valence-corrected chi connectivity index (χ1v) is 7.00. The lowest BCUT2D eigenvalue weighted by molar-refractivity contribution is -0.125. The first-order valence-electron chi connectivity index (χ1n) is 6.21. The van der Waals surface area contributed by atoms with E-state index in [0.717, 1.165) is 28.6 Å². The van der Waals surface area contributed by atoms with Gasteiger partial charge in [-0.15, -0.1) is 0 Å². The number of aliphatic hydroxyl groups is 1. The number of fused-ring (bicyclic) bond motifs is 1. The lowest BCUT2D eigenvalue weighted by atomic mass is 10.0. The Morgan fingerprint density at radius 1 is 1.63 bits per heavy atom. The summed E-state index contributed by atoms with van der Waals surface area (Å²) >= 11 is 3.42. The average Bonchev–Trinajstić information content (AvgIpc) is 2.57. The van der Waals surface area contributed by atoms with Crippen LogP contribution in [0.25, 0.3) is 0 Å². The lowest BCUT2D eigenvalue weighted by Crippen LogP contribution is -2.39. The number of nitrogens with two attached hydrogens (primary N) is 1. The minimum absolute atomic E-state index is 0.0552. The third kappa shape index (κ3) is 3.68. The minimum atomic E-state index is -1.16. The van der Waals surface area contributed by atoms with Gasteiger partial charge in [-0.2, -0.15) is 0 Å². The summed E-state index contributed by atoms with van der Waals surface area (Å²) in [7, 11) is 0. The third-order valence-corrected chi connectivity index (χ3v) is 3.63. The van der Waals surface area contributed by atoms with Crippen molar-refractivity contribution in [3.63, 3.8) is 0 Å². The molecule has 0 saturated carbocycles. The molecule has 4 N–H and O–H groups in total. The fourth-order valence-electron chi connectivity index (χ4n) is 2.11. The molecule has 104 valence electrons. The number of amides is 1. The van der Waals surface area contributed by atoms with Gasteiger partial charge >= 0.3 is 0 Å². The molecule has 2 rings (SSSR count). The van der Waals surface area contributed by atoms with Crippen LogP contribution in [0, 0.1) is 0 Å². The van der Waals surface area contributed by atoms with E-state index in [1.165, 1.54) is 0 Å². The summed E-state index contributed by atoms with van der Waals surface area (Å²) in [4.78, 5) is 10.8. The third-order valence-electron chi connectivity index (χ3n) is 3.13. The highest BCUT2D eigenvalue weighted by Gasteiger charge is 2.21. The summed E-state index contributed by atoms with van der Waals surface area (Å²) in [6, 6.07) is 5.92. The molecule has 0 radical (unpaired) electrons. The van der Waals surface area contributed by atoms with Crippen molar-refractivity contribution < 1.29 is 14.6 Å². The molecule has 0 aliphatic carbocycles. The van der Waals surface area contributed by atoms with Crippen molar-refractivity contribution >= 4 is 21.8 Å². The highest BCUT2D eigenvalue weighted by Crippen LogP contribution is 2.33. The van der Waals surface area contributed by atoms with E-state index in [2.05, 4.69) is 21.2 Å². The Bertz CT molecular complexity index is 467. The molecule has 6 heteroatoms. The number of aliphatic hydroxyl groups excluding tert-OH is 1. The van der Waals surface area contributed by atoms with E-state index in [1.807, 2.05) is 18.2 Å². The first kappa shape index (κ1) is 14.3. The fraction of sp³-hybridized carbons (Fsp3) is 0.462. The molecule has 0 bridgehead atoms. The predicted molar refractivity (Wildman–Crippen MR) is 74.8 cm³/mol. The van der Waals surface area contributed by atoms with Crippen molar-refractivity contribution in [2.75, 3.05) is 13.2 Å². The van der Waals surface area contributed by atoms with Gasteiger partial charge in [-0.05, 0) is 25.0 Å². The van der Waals surface area contributed by atoms with Crippen LogP contribution in [0.3, 0.4) is 0 Å². The van der Waals surface area contributed by atoms with Gasteiger partial charge in [-0.3, -0.25) is 4.79 Å². The monoisotopic (exact) mass is 328 g/mol. The van der Waals surface area contributed by atoms with Gasteiger partial charge in [0.05, 0.1) is 6.61 Å². The number of halogens is 1. The number of carbonyl (C=O) groups excluding carboxylic acids is 1. The SMILES string of the molecule is NC(=O)C(O)CNC1CCCOc2cc(Br)ccc21. The maximum atomic E-state index is 10.8. The first-order chi connectivity index (χ1) is 9.08. The molecular formula is C13H17BrN2O3. The lowest BCUT2D eigenvalue weighted by Gasteiger charge is -2.19. The maximum absolute atomic E-state index is 10.8. The van der Waals surface area contributed by atoms with Crippen LogP contribution in [-0.2, 0) is 4.79 Å². The van der Waals surface area contributed by atoms with Crippen molar-refractivity contribution in [2.45, 2.75) is 25.0 Å². The maximum Gasteiger partial charge on any atom is 0.247 e. The standard InChI is InChI=1S/C13H17BrN2O3/c14-8-3-4-9-10(16-7-11(17)13(15)18)2-1-5-19-12(9)6-8/h3-4,6,10-11,16-17H,1-2,5,7H2,(H2,15,18). The Labute approximate surface area is 120 Å². The van der Waals surface area contributed by atoms with E-state index in [0.29, 0.717) is 6.61 Å². The topological polar surface area (TPSA) is 84.6 Å². The minimum Gasteiger partial charge on any atom is -0.493 e. The summed E-state index contributed by atoms with van der Waals surface area (Å²) in [5, 5.41) is 12.6. The summed E-state index contributed by atoms with van der Waals surface area (Å²) in [5.41, 5.74) is 6.08. The molecule has 0 fully saturated rings. The van der Waals surface area contributed by atoms with Crippen LogP contribution in [-0.4, -0.2) is 30.3 Å². The number of nitrogens with one attached hydrogen (secondary N) is 1. The summed E-state index contributed by atoms with van der Waals surface area (Å²) < 4.78 is 6.65. The van der Waals surface area contributed by atoms with E-state index in [4.69, 9.17) is 10.5 Å². The number of hydrogen-bond acceptors (Lipinski definition) is 4. The second kappa shape index (κ2) is 6.36. The van der Waals surface area contributed by atoms with Crippen molar-refractivity contribution in [3.05, 3.63) is 28.2 Å². The Kier molecular flexibility index (Phi) is 4.79. The molecule has 1 aliphatic heterocycles. The van der Waals surface area contributed by atoms with Crippen LogP contribution in [0.4, 0.5) is 0 Å². The highest BCUT2D eigenvalue weighted by molar-refractivity contribution is 9.10. The van der Waals surface area contributed by atoms with Crippen LogP contribution >= 0.6 is 15.9 Å². The molecule has 1 amide bonds. The molecule has 0 saturated heterocycles. The molecule has 2 atom stereocenters. The second-order valence-corrected chi connectivity index (χ2v) is 5.47. The van der Waals surface area contributed by atoms with Crippen molar-refractivity contribution in [3.8, 4) is 5.75 Å². The molecule has 2 unspecified atom stereocenters. The molecule has 19 heavy (non-hydrogen) atoms. The van der Waals surface area contributed by atoms with Crippen LogP contribution < -0.4 is 15.8 Å². The normalized spacial score (nSPS) is 20.0. The van der Waals surface area contributed by atoms with E-state index >= 15 is 0 Å². The van der Waals surface area contributed by atoms with Crippen molar-refractivity contribution in [2.24, 2.45) is 5.73 Å². The summed E-state index contributed by atoms with van der Waals surface area (Å²) in [6.45, 7) is 0.815. The van der Waals surface area contributed by atoms with Gasteiger partial charge < -0.3 is 20.9 Å². The number of primary amides is 1. The average molecular weight is 329 g/mol. The number of carbonyl (C=O) groups is 1. The largest absolute Gasteiger partial charge is 0.493 e. The van der Waals surface area contributed by atoms with Gasteiger partial charge in [0, 0.05) is 22.6 Å². The van der Waals surface area contributed by atoms with E-state index < -0.39 is 12.0 Å². The van der Waals surface area contributed by atoms with Gasteiger partial charge in [-0.1, -0.05) is 22.0 Å². The highest BCUT2D eigenvalue weighted by atomic mass is 79.9. The van der Waals surface area contributed by atoms with Gasteiger partial charge in [0.1, 0.15) is 11.9 Å². The summed E-state index contributed by atoms with van der Waals surface area (Å²) in [5.74, 6) is 0.117. The second-order valence-electron chi connectivity index (χ2n) is 4.55. The predicted octanol–water partition coefficient (Wildman–Crippen LogP) is 1.10. The van der Waals surface area contributed by atoms with Crippen LogP contribution in [0.15, 0.2) is 22.7 Å². The molecule has 1 heterocycles. The van der Waals surface area contributed by atoms with Gasteiger partial charge in [0.2, 0.25) is 5.91 Å². The Balaban J connectivity index is 2.11. The number of rotatable bonds is 4. The number of hydrogen-bond donors (Lipinski definition) is 3. The molecule has 5 nitrogen and oxygen atoms in total. The van der Waals surface area contributed by atoms with Gasteiger partial charge in [-0.25, -0.2) is 0 Å². The van der Waals surface area contributed by atoms with Crippen LogP contribution in [0.2, 0.25) is 0 Å².